The lowest BCUT2D eigenvalue weighted by atomic mass is 9.86. The molecule has 6 nitrogen and oxygen atoms in total. The smallest absolute Gasteiger partial charge is 0.289 e. The van der Waals surface area contributed by atoms with Crippen molar-refractivity contribution in [3.05, 3.63) is 33.3 Å². The van der Waals surface area contributed by atoms with Crippen molar-refractivity contribution in [1.29, 1.82) is 0 Å². The predicted octanol–water partition coefficient (Wildman–Crippen LogP) is 3.36. The molecule has 0 spiro atoms. The Morgan fingerprint density at radius 3 is 2.82 bits per heavy atom. The van der Waals surface area contributed by atoms with Gasteiger partial charge < -0.3 is 10.6 Å². The Kier molecular flexibility index (Phi) is 5.60. The topological polar surface area (TPSA) is 84.3 Å². The molecule has 0 radical (unpaired) electrons. The van der Waals surface area contributed by atoms with E-state index in [-0.39, 0.29) is 29.2 Å². The zero-order valence-corrected chi connectivity index (χ0v) is 13.2. The first-order valence-electron chi connectivity index (χ1n) is 7.44. The number of carbonyl (C=O) groups excluding carboxylic acids is 1. The van der Waals surface area contributed by atoms with Crippen LogP contribution >= 0.6 is 11.6 Å². The average Bonchev–Trinajstić information content (AvgIpc) is 2.48. The Bertz CT molecular complexity index is 565. The largest absolute Gasteiger partial charge is 0.376 e. The lowest BCUT2D eigenvalue weighted by Crippen LogP contribution is -2.43. The van der Waals surface area contributed by atoms with Crippen LogP contribution in [0.25, 0.3) is 0 Å². The van der Waals surface area contributed by atoms with Crippen molar-refractivity contribution in [2.45, 2.75) is 38.6 Å². The maximum atomic E-state index is 12.0. The van der Waals surface area contributed by atoms with E-state index in [0.717, 1.165) is 19.3 Å². The molecule has 2 atom stereocenters. The third kappa shape index (κ3) is 4.34. The second-order valence-corrected chi connectivity index (χ2v) is 6.12. The van der Waals surface area contributed by atoms with Gasteiger partial charge in [0.25, 0.3) is 5.69 Å². The first-order chi connectivity index (χ1) is 10.5. The van der Waals surface area contributed by atoms with Gasteiger partial charge in [-0.25, -0.2) is 0 Å². The lowest BCUT2D eigenvalue weighted by Gasteiger charge is -2.29. The molecule has 1 aromatic rings. The number of hydrogen-bond donors (Lipinski definition) is 2. The molecule has 2 unspecified atom stereocenters. The first kappa shape index (κ1) is 16.5. The third-order valence-electron chi connectivity index (χ3n) is 4.05. The highest BCUT2D eigenvalue weighted by Gasteiger charge is 2.22. The fourth-order valence-electron chi connectivity index (χ4n) is 2.73. The van der Waals surface area contributed by atoms with E-state index in [1.165, 1.54) is 18.6 Å². The number of hydrogen-bond acceptors (Lipinski definition) is 4. The van der Waals surface area contributed by atoms with E-state index in [9.17, 15) is 14.9 Å². The van der Waals surface area contributed by atoms with Gasteiger partial charge in [0.1, 0.15) is 5.02 Å². The summed E-state index contributed by atoms with van der Waals surface area (Å²) in [4.78, 5) is 22.3. The minimum absolute atomic E-state index is 0.0797. The van der Waals surface area contributed by atoms with Gasteiger partial charge in [0.05, 0.1) is 11.5 Å². The summed E-state index contributed by atoms with van der Waals surface area (Å²) >= 11 is 5.75. The van der Waals surface area contributed by atoms with Crippen molar-refractivity contribution < 1.29 is 9.72 Å². The summed E-state index contributed by atoms with van der Waals surface area (Å²) in [7, 11) is 0. The monoisotopic (exact) mass is 325 g/mol. The number of anilines is 1. The molecule has 1 aliphatic rings. The number of nitro groups is 1. The van der Waals surface area contributed by atoms with Crippen LogP contribution in [-0.2, 0) is 4.79 Å². The predicted molar refractivity (Wildman–Crippen MR) is 86.2 cm³/mol. The van der Waals surface area contributed by atoms with Crippen molar-refractivity contribution in [2.24, 2.45) is 5.92 Å². The normalized spacial score (nSPS) is 21.2. The zero-order valence-electron chi connectivity index (χ0n) is 12.5. The number of nitro benzene ring substituents is 1. The van der Waals surface area contributed by atoms with Crippen LogP contribution in [0.1, 0.15) is 32.6 Å². The van der Waals surface area contributed by atoms with Crippen molar-refractivity contribution in [2.75, 3.05) is 11.9 Å². The van der Waals surface area contributed by atoms with Crippen LogP contribution in [0.15, 0.2) is 18.2 Å². The number of rotatable bonds is 5. The molecule has 22 heavy (non-hydrogen) atoms. The minimum Gasteiger partial charge on any atom is -0.376 e. The van der Waals surface area contributed by atoms with Gasteiger partial charge in [-0.3, -0.25) is 14.9 Å². The van der Waals surface area contributed by atoms with Crippen LogP contribution in [0.3, 0.4) is 0 Å². The number of carbonyl (C=O) groups is 1. The molecule has 0 bridgehead atoms. The van der Waals surface area contributed by atoms with Crippen LogP contribution in [-0.4, -0.2) is 23.4 Å². The zero-order chi connectivity index (χ0) is 16.1. The van der Waals surface area contributed by atoms with Gasteiger partial charge in [0.15, 0.2) is 0 Å². The number of nitrogens with zero attached hydrogens (tertiary/aromatic N) is 1. The minimum atomic E-state index is -0.544. The molecule has 2 rings (SSSR count). The average molecular weight is 326 g/mol. The molecule has 1 aliphatic carbocycles. The van der Waals surface area contributed by atoms with E-state index >= 15 is 0 Å². The third-order valence-corrected chi connectivity index (χ3v) is 4.37. The molecule has 0 aliphatic heterocycles. The molecule has 7 heteroatoms. The van der Waals surface area contributed by atoms with E-state index in [2.05, 4.69) is 17.6 Å². The van der Waals surface area contributed by atoms with Gasteiger partial charge in [-0.1, -0.05) is 31.4 Å². The summed E-state index contributed by atoms with van der Waals surface area (Å²) < 4.78 is 0. The van der Waals surface area contributed by atoms with Crippen LogP contribution in [0.5, 0.6) is 0 Å². The molecule has 0 heterocycles. The number of halogens is 1. The molecule has 1 amide bonds. The van der Waals surface area contributed by atoms with Crippen LogP contribution in [0.2, 0.25) is 5.02 Å². The fourth-order valence-corrected chi connectivity index (χ4v) is 2.92. The summed E-state index contributed by atoms with van der Waals surface area (Å²) in [6.45, 7) is 2.24. The van der Waals surface area contributed by atoms with Crippen LogP contribution in [0.4, 0.5) is 11.4 Å². The standard InChI is InChI=1S/C15H20ClN3O3/c1-10-4-2-3-5-13(10)18-15(20)9-17-11-6-7-12(16)14(8-11)19(21)22/h6-8,10,13,17H,2-5,9H2,1H3,(H,18,20). The fraction of sp³-hybridized carbons (Fsp3) is 0.533. The number of nitrogens with one attached hydrogen (secondary N) is 2. The van der Waals surface area contributed by atoms with Gasteiger partial charge in [-0.15, -0.1) is 0 Å². The van der Waals surface area contributed by atoms with E-state index in [4.69, 9.17) is 11.6 Å². The Morgan fingerprint density at radius 1 is 1.41 bits per heavy atom. The van der Waals surface area contributed by atoms with Crippen molar-refractivity contribution in [1.82, 2.24) is 5.32 Å². The molecule has 1 fully saturated rings. The maximum Gasteiger partial charge on any atom is 0.289 e. The van der Waals surface area contributed by atoms with Crippen molar-refractivity contribution >= 4 is 28.9 Å². The maximum absolute atomic E-state index is 12.0. The molecule has 1 saturated carbocycles. The van der Waals surface area contributed by atoms with E-state index in [1.54, 1.807) is 6.07 Å². The quantitative estimate of drug-likeness (QED) is 0.642. The van der Waals surface area contributed by atoms with E-state index in [0.29, 0.717) is 11.6 Å². The molecule has 120 valence electrons. The Labute approximate surface area is 134 Å². The number of amides is 1. The number of benzene rings is 1. The summed E-state index contributed by atoms with van der Waals surface area (Å²) in [5.74, 6) is 0.394. The molecule has 1 aromatic carbocycles. The van der Waals surface area contributed by atoms with Crippen LogP contribution in [0, 0.1) is 16.0 Å². The highest BCUT2D eigenvalue weighted by Crippen LogP contribution is 2.27. The summed E-state index contributed by atoms with van der Waals surface area (Å²) in [5, 5.41) is 16.8. The van der Waals surface area contributed by atoms with Gasteiger partial charge in [-0.05, 0) is 30.9 Å². The molecular formula is C15H20ClN3O3. The van der Waals surface area contributed by atoms with Crippen molar-refractivity contribution in [3.8, 4) is 0 Å². The summed E-state index contributed by atoms with van der Waals surface area (Å²) in [6, 6.07) is 4.62. The van der Waals surface area contributed by atoms with Gasteiger partial charge in [0.2, 0.25) is 5.91 Å². The molecule has 2 N–H and O–H groups in total. The SMILES string of the molecule is CC1CCCCC1NC(=O)CNc1ccc(Cl)c([N+](=O)[O-])c1. The van der Waals surface area contributed by atoms with Gasteiger partial charge >= 0.3 is 0 Å². The summed E-state index contributed by atoms with van der Waals surface area (Å²) in [5.41, 5.74) is 0.330. The second kappa shape index (κ2) is 7.45. The molecular weight excluding hydrogens is 306 g/mol. The van der Waals surface area contributed by atoms with Crippen LogP contribution < -0.4 is 10.6 Å². The second-order valence-electron chi connectivity index (χ2n) is 5.71. The van der Waals surface area contributed by atoms with Crippen molar-refractivity contribution in [3.63, 3.8) is 0 Å². The van der Waals surface area contributed by atoms with Gasteiger partial charge in [0, 0.05) is 17.8 Å². The Hall–Kier alpha value is -1.82. The molecule has 0 saturated heterocycles. The first-order valence-corrected chi connectivity index (χ1v) is 7.82. The Morgan fingerprint density at radius 2 is 2.14 bits per heavy atom. The summed E-state index contributed by atoms with van der Waals surface area (Å²) in [6.07, 6.45) is 4.52. The van der Waals surface area contributed by atoms with E-state index < -0.39 is 4.92 Å². The highest BCUT2D eigenvalue weighted by atomic mass is 35.5. The highest BCUT2D eigenvalue weighted by molar-refractivity contribution is 6.32. The molecule has 0 aromatic heterocycles. The van der Waals surface area contributed by atoms with Gasteiger partial charge in [-0.2, -0.15) is 0 Å². The lowest BCUT2D eigenvalue weighted by molar-refractivity contribution is -0.384. The van der Waals surface area contributed by atoms with E-state index in [1.807, 2.05) is 0 Å². The Balaban J connectivity index is 1.88.